The van der Waals surface area contributed by atoms with Gasteiger partial charge in [-0.15, -0.1) is 0 Å². The largest absolute Gasteiger partial charge is 0.446 e. The van der Waals surface area contributed by atoms with Crippen LogP contribution in [-0.4, -0.2) is 23.1 Å². The number of ketones is 2. The molecule has 4 aliphatic carbocycles. The first kappa shape index (κ1) is 20.3. The highest BCUT2D eigenvalue weighted by atomic mass is 16.6. The Morgan fingerprint density at radius 3 is 2.48 bits per heavy atom. The van der Waals surface area contributed by atoms with Gasteiger partial charge in [0, 0.05) is 18.8 Å². The van der Waals surface area contributed by atoms with Crippen LogP contribution in [-0.2, 0) is 19.1 Å². The number of allylic oxidation sites excluding steroid dienone is 4. The highest BCUT2D eigenvalue weighted by Gasteiger charge is 2.69. The summed E-state index contributed by atoms with van der Waals surface area (Å²) >= 11 is 0. The van der Waals surface area contributed by atoms with Gasteiger partial charge in [-0.1, -0.05) is 32.1 Å². The normalized spacial score (nSPS) is 43.6. The van der Waals surface area contributed by atoms with Crippen molar-refractivity contribution in [3.8, 4) is 0 Å². The van der Waals surface area contributed by atoms with Crippen LogP contribution < -0.4 is 0 Å². The van der Waals surface area contributed by atoms with Crippen LogP contribution in [0.3, 0.4) is 0 Å². The molecule has 4 heteroatoms. The lowest BCUT2D eigenvalue weighted by molar-refractivity contribution is -0.179. The summed E-state index contributed by atoms with van der Waals surface area (Å²) in [6, 6.07) is 0. The Balaban J connectivity index is 1.84. The maximum atomic E-state index is 12.9. The molecule has 2 fully saturated rings. The lowest BCUT2D eigenvalue weighted by atomic mass is 9.47. The molecule has 156 valence electrons. The minimum atomic E-state index is -1.23. The van der Waals surface area contributed by atoms with Gasteiger partial charge in [0.2, 0.25) is 0 Å². The third kappa shape index (κ3) is 2.47. The van der Waals surface area contributed by atoms with Crippen molar-refractivity contribution in [2.45, 2.75) is 72.3 Å². The molecule has 6 atom stereocenters. The van der Waals surface area contributed by atoms with Crippen LogP contribution in [0.5, 0.6) is 0 Å². The summed E-state index contributed by atoms with van der Waals surface area (Å²) in [5, 5.41) is 0. The van der Waals surface area contributed by atoms with Crippen molar-refractivity contribution in [2.24, 2.45) is 28.6 Å². The summed E-state index contributed by atoms with van der Waals surface area (Å²) in [7, 11) is 0. The van der Waals surface area contributed by atoms with Crippen molar-refractivity contribution >= 4 is 17.5 Å². The van der Waals surface area contributed by atoms with E-state index < -0.39 is 17.0 Å². The standard InChI is InChI=1S/C25H32O4/c1-14-11-19-20(23(5)9-7-18(28)13-21(14)23)8-10-24(6)22(19)12-15(2)25(24,16(3)26)29-17(4)27/h11,13,19-20,22H,2,7-10,12H2,1,3-6H3/t19-,20-,22+,23-,24+,25+/m1/s1. The summed E-state index contributed by atoms with van der Waals surface area (Å²) < 4.78 is 5.83. The van der Waals surface area contributed by atoms with E-state index in [0.29, 0.717) is 18.8 Å². The predicted octanol–water partition coefficient (Wildman–Crippen LogP) is 4.74. The maximum absolute atomic E-state index is 12.9. The molecule has 0 N–H and O–H groups in total. The molecule has 0 radical (unpaired) electrons. The number of hydrogen-bond acceptors (Lipinski definition) is 4. The smallest absolute Gasteiger partial charge is 0.303 e. The molecule has 4 aliphatic rings. The topological polar surface area (TPSA) is 60.4 Å². The van der Waals surface area contributed by atoms with Crippen LogP contribution >= 0.6 is 0 Å². The Hall–Kier alpha value is -1.97. The average Bonchev–Trinajstić information content (AvgIpc) is 2.85. The fourth-order valence-corrected chi connectivity index (χ4v) is 7.50. The monoisotopic (exact) mass is 396 g/mol. The van der Waals surface area contributed by atoms with Gasteiger partial charge in [0.1, 0.15) is 0 Å². The van der Waals surface area contributed by atoms with E-state index in [0.717, 1.165) is 24.8 Å². The second-order valence-electron chi connectivity index (χ2n) is 10.2. The fraction of sp³-hybridized carbons (Fsp3) is 0.640. The Labute approximate surface area is 173 Å². The van der Waals surface area contributed by atoms with Crippen molar-refractivity contribution < 1.29 is 19.1 Å². The van der Waals surface area contributed by atoms with Crippen molar-refractivity contribution in [3.63, 3.8) is 0 Å². The van der Waals surface area contributed by atoms with Crippen molar-refractivity contribution in [3.05, 3.63) is 35.5 Å². The summed E-state index contributed by atoms with van der Waals surface area (Å²) in [5.41, 5.74) is 1.43. The van der Waals surface area contributed by atoms with Gasteiger partial charge in [-0.2, -0.15) is 0 Å². The molecule has 4 rings (SSSR count). The SMILES string of the molecule is C=C1C[C@H]2[C@@H]3C=C(C)C4=CC(=O)CC[C@]4(C)[C@@H]3CC[C@]2(C)[C@@]1(OC(C)=O)C(C)=O. The lowest BCUT2D eigenvalue weighted by Gasteiger charge is -2.57. The van der Waals surface area contributed by atoms with Gasteiger partial charge < -0.3 is 4.74 Å². The van der Waals surface area contributed by atoms with Crippen LogP contribution in [0.4, 0.5) is 0 Å². The van der Waals surface area contributed by atoms with Gasteiger partial charge in [-0.3, -0.25) is 14.4 Å². The molecule has 0 amide bonds. The fourth-order valence-electron chi connectivity index (χ4n) is 7.50. The molecule has 0 unspecified atom stereocenters. The van der Waals surface area contributed by atoms with Gasteiger partial charge in [-0.05, 0) is 79.9 Å². The number of fused-ring (bicyclic) bond motifs is 5. The van der Waals surface area contributed by atoms with E-state index in [2.05, 4.69) is 33.4 Å². The van der Waals surface area contributed by atoms with E-state index in [4.69, 9.17) is 4.74 Å². The molecule has 0 bridgehead atoms. The number of hydrogen-bond donors (Lipinski definition) is 0. The van der Waals surface area contributed by atoms with Crippen LogP contribution in [0.2, 0.25) is 0 Å². The summed E-state index contributed by atoms with van der Waals surface area (Å²) in [5.74, 6) is 0.595. The average molecular weight is 397 g/mol. The third-order valence-corrected chi connectivity index (χ3v) is 8.78. The van der Waals surface area contributed by atoms with Crippen LogP contribution in [0, 0.1) is 28.6 Å². The maximum Gasteiger partial charge on any atom is 0.303 e. The van der Waals surface area contributed by atoms with Gasteiger partial charge in [0.05, 0.1) is 0 Å². The van der Waals surface area contributed by atoms with Gasteiger partial charge in [0.25, 0.3) is 0 Å². The van der Waals surface area contributed by atoms with E-state index in [9.17, 15) is 14.4 Å². The Bertz CT molecular complexity index is 892. The number of carbonyl (C=O) groups is 3. The number of ether oxygens (including phenoxy) is 1. The number of Topliss-reactive ketones (excluding diaryl/α,β-unsaturated/α-hetero) is 1. The predicted molar refractivity (Wildman–Crippen MR) is 111 cm³/mol. The highest BCUT2D eigenvalue weighted by molar-refractivity contribution is 5.93. The molecule has 2 saturated carbocycles. The molecule has 0 heterocycles. The first-order chi connectivity index (χ1) is 13.5. The van der Waals surface area contributed by atoms with Gasteiger partial charge in [0.15, 0.2) is 17.2 Å². The van der Waals surface area contributed by atoms with E-state index in [1.165, 1.54) is 25.0 Å². The number of esters is 1. The van der Waals surface area contributed by atoms with E-state index in [1.807, 2.05) is 6.08 Å². The first-order valence-corrected chi connectivity index (χ1v) is 10.8. The Morgan fingerprint density at radius 2 is 1.86 bits per heavy atom. The van der Waals surface area contributed by atoms with E-state index in [-0.39, 0.29) is 28.8 Å². The zero-order valence-electron chi connectivity index (χ0n) is 18.3. The molecule has 0 saturated heterocycles. The Kier molecular flexibility index (Phi) is 4.39. The number of rotatable bonds is 2. The van der Waals surface area contributed by atoms with Crippen molar-refractivity contribution in [1.29, 1.82) is 0 Å². The van der Waals surface area contributed by atoms with Gasteiger partial charge >= 0.3 is 5.97 Å². The molecular weight excluding hydrogens is 364 g/mol. The summed E-state index contributed by atoms with van der Waals surface area (Å²) in [6.07, 6.45) is 8.15. The molecule has 0 aromatic carbocycles. The molecule has 0 aromatic heterocycles. The van der Waals surface area contributed by atoms with E-state index in [1.54, 1.807) is 0 Å². The molecule has 4 nitrogen and oxygen atoms in total. The lowest BCUT2D eigenvalue weighted by Crippen LogP contribution is -2.58. The zero-order valence-corrected chi connectivity index (χ0v) is 18.3. The zero-order chi connectivity index (χ0) is 21.4. The van der Waals surface area contributed by atoms with E-state index >= 15 is 0 Å². The second kappa shape index (κ2) is 6.26. The molecule has 29 heavy (non-hydrogen) atoms. The van der Waals surface area contributed by atoms with Crippen LogP contribution in [0.1, 0.15) is 66.7 Å². The Morgan fingerprint density at radius 1 is 1.17 bits per heavy atom. The van der Waals surface area contributed by atoms with Crippen molar-refractivity contribution in [2.75, 3.05) is 0 Å². The molecule has 0 aliphatic heterocycles. The molecular formula is C25H32O4. The van der Waals surface area contributed by atoms with Gasteiger partial charge in [-0.25, -0.2) is 0 Å². The van der Waals surface area contributed by atoms with Crippen molar-refractivity contribution in [1.82, 2.24) is 0 Å². The summed E-state index contributed by atoms with van der Waals surface area (Å²) in [6.45, 7) is 13.7. The van der Waals surface area contributed by atoms with Crippen LogP contribution in [0.15, 0.2) is 35.5 Å². The van der Waals surface area contributed by atoms with Crippen LogP contribution in [0.25, 0.3) is 0 Å². The third-order valence-electron chi connectivity index (χ3n) is 8.78. The molecule has 0 aromatic rings. The second-order valence-corrected chi connectivity index (χ2v) is 10.2. The first-order valence-electron chi connectivity index (χ1n) is 10.8. The minimum Gasteiger partial charge on any atom is -0.446 e. The number of carbonyl (C=O) groups excluding carboxylic acids is 3. The summed E-state index contributed by atoms with van der Waals surface area (Å²) in [4.78, 5) is 37.0. The highest BCUT2D eigenvalue weighted by Crippen LogP contribution is 2.68. The minimum absolute atomic E-state index is 0.0109. The quantitative estimate of drug-likeness (QED) is 0.500. The molecule has 0 spiro atoms.